The van der Waals surface area contributed by atoms with E-state index in [1.807, 2.05) is 37.3 Å². The van der Waals surface area contributed by atoms with E-state index in [1.54, 1.807) is 0 Å². The van der Waals surface area contributed by atoms with Crippen molar-refractivity contribution in [1.82, 2.24) is 5.32 Å². The molecule has 2 nitrogen and oxygen atoms in total. The van der Waals surface area contributed by atoms with Gasteiger partial charge in [-0.15, -0.1) is 0 Å². The molecule has 0 bridgehead atoms. The molecule has 1 saturated heterocycles. The molecule has 1 heterocycles. The number of nitrogens with one attached hydrogen (secondary N) is 1. The first kappa shape index (κ1) is 16.5. The standard InChI is InChI=1S/C20H24ClNO/c1-20(23,13-15-5-3-2-4-6-15)19-11-12-22-14-18(19)16-7-9-17(21)10-8-16/h2-10,18-19,22-23H,11-14H2,1H3. The van der Waals surface area contributed by atoms with Gasteiger partial charge in [0.2, 0.25) is 0 Å². The second kappa shape index (κ2) is 7.04. The van der Waals surface area contributed by atoms with Crippen LogP contribution in [0.3, 0.4) is 0 Å². The minimum atomic E-state index is -0.728. The van der Waals surface area contributed by atoms with E-state index in [0.29, 0.717) is 12.3 Å². The van der Waals surface area contributed by atoms with Crippen molar-refractivity contribution in [2.24, 2.45) is 5.92 Å². The zero-order chi connectivity index (χ0) is 16.3. The summed E-state index contributed by atoms with van der Waals surface area (Å²) in [4.78, 5) is 0. The van der Waals surface area contributed by atoms with Crippen LogP contribution in [0.1, 0.15) is 30.4 Å². The molecule has 122 valence electrons. The average Bonchev–Trinajstić information content (AvgIpc) is 2.56. The van der Waals surface area contributed by atoms with Gasteiger partial charge in [0.15, 0.2) is 0 Å². The number of hydrogen-bond acceptors (Lipinski definition) is 2. The number of benzene rings is 2. The van der Waals surface area contributed by atoms with Crippen LogP contribution in [0.4, 0.5) is 0 Å². The lowest BCUT2D eigenvalue weighted by Crippen LogP contribution is -2.47. The normalized spacial score (nSPS) is 24.1. The Bertz CT molecular complexity index is 624. The third kappa shape index (κ3) is 3.95. The minimum Gasteiger partial charge on any atom is -0.390 e. The molecule has 0 aromatic heterocycles. The van der Waals surface area contributed by atoms with Crippen LogP contribution in [0.15, 0.2) is 54.6 Å². The molecular weight excluding hydrogens is 306 g/mol. The fourth-order valence-electron chi connectivity index (χ4n) is 3.80. The quantitative estimate of drug-likeness (QED) is 0.887. The Balaban J connectivity index is 1.83. The van der Waals surface area contributed by atoms with Crippen molar-refractivity contribution in [3.8, 4) is 0 Å². The molecule has 0 saturated carbocycles. The summed E-state index contributed by atoms with van der Waals surface area (Å²) >= 11 is 6.02. The molecule has 3 unspecified atom stereocenters. The van der Waals surface area contributed by atoms with E-state index in [9.17, 15) is 5.11 Å². The topological polar surface area (TPSA) is 32.3 Å². The first-order valence-electron chi connectivity index (χ1n) is 8.29. The molecule has 3 rings (SSSR count). The predicted molar refractivity (Wildman–Crippen MR) is 95.9 cm³/mol. The van der Waals surface area contributed by atoms with E-state index in [1.165, 1.54) is 11.1 Å². The number of halogens is 1. The average molecular weight is 330 g/mol. The molecule has 0 aliphatic carbocycles. The molecular formula is C20H24ClNO. The molecule has 0 amide bonds. The van der Waals surface area contributed by atoms with Crippen LogP contribution in [0.2, 0.25) is 5.02 Å². The number of aliphatic hydroxyl groups is 1. The highest BCUT2D eigenvalue weighted by Crippen LogP contribution is 2.38. The largest absolute Gasteiger partial charge is 0.390 e. The predicted octanol–water partition coefficient (Wildman–Crippen LogP) is 4.03. The summed E-state index contributed by atoms with van der Waals surface area (Å²) in [7, 11) is 0. The Morgan fingerprint density at radius 2 is 1.83 bits per heavy atom. The summed E-state index contributed by atoms with van der Waals surface area (Å²) in [6.45, 7) is 3.84. The third-order valence-corrected chi connectivity index (χ3v) is 5.24. The van der Waals surface area contributed by atoms with Crippen LogP contribution in [0.25, 0.3) is 0 Å². The summed E-state index contributed by atoms with van der Waals surface area (Å²) in [5, 5.41) is 15.4. The van der Waals surface area contributed by atoms with Gasteiger partial charge in [-0.1, -0.05) is 54.1 Å². The molecule has 3 atom stereocenters. The maximum absolute atomic E-state index is 11.2. The van der Waals surface area contributed by atoms with Crippen LogP contribution in [0.5, 0.6) is 0 Å². The summed E-state index contributed by atoms with van der Waals surface area (Å²) in [6, 6.07) is 18.3. The lowest BCUT2D eigenvalue weighted by atomic mass is 9.70. The van der Waals surface area contributed by atoms with Crippen LogP contribution in [-0.4, -0.2) is 23.8 Å². The van der Waals surface area contributed by atoms with Gasteiger partial charge in [-0.05, 0) is 49.1 Å². The monoisotopic (exact) mass is 329 g/mol. The fourth-order valence-corrected chi connectivity index (χ4v) is 3.93. The van der Waals surface area contributed by atoms with Crippen molar-refractivity contribution in [2.45, 2.75) is 31.3 Å². The molecule has 23 heavy (non-hydrogen) atoms. The van der Waals surface area contributed by atoms with E-state index in [2.05, 4.69) is 29.6 Å². The van der Waals surface area contributed by atoms with Gasteiger partial charge in [-0.2, -0.15) is 0 Å². The smallest absolute Gasteiger partial charge is 0.0694 e. The highest BCUT2D eigenvalue weighted by Gasteiger charge is 2.39. The zero-order valence-electron chi connectivity index (χ0n) is 13.5. The molecule has 3 heteroatoms. The minimum absolute atomic E-state index is 0.227. The first-order valence-corrected chi connectivity index (χ1v) is 8.66. The van der Waals surface area contributed by atoms with Gasteiger partial charge in [-0.3, -0.25) is 0 Å². The number of hydrogen-bond donors (Lipinski definition) is 2. The van der Waals surface area contributed by atoms with Crippen LogP contribution < -0.4 is 5.32 Å². The van der Waals surface area contributed by atoms with Crippen molar-refractivity contribution in [3.63, 3.8) is 0 Å². The summed E-state index contributed by atoms with van der Waals surface area (Å²) in [6.07, 6.45) is 1.66. The van der Waals surface area contributed by atoms with E-state index >= 15 is 0 Å². The fraction of sp³-hybridized carbons (Fsp3) is 0.400. The second-order valence-corrected chi connectivity index (χ2v) is 7.21. The Kier molecular flexibility index (Phi) is 5.05. The molecule has 2 N–H and O–H groups in total. The summed E-state index contributed by atoms with van der Waals surface area (Å²) in [5.41, 5.74) is 1.71. The van der Waals surface area contributed by atoms with Crippen molar-refractivity contribution >= 4 is 11.6 Å². The lowest BCUT2D eigenvalue weighted by Gasteiger charge is -2.42. The van der Waals surface area contributed by atoms with Crippen LogP contribution in [-0.2, 0) is 6.42 Å². The van der Waals surface area contributed by atoms with Gasteiger partial charge in [0.25, 0.3) is 0 Å². The first-order chi connectivity index (χ1) is 11.1. The van der Waals surface area contributed by atoms with Crippen LogP contribution >= 0.6 is 11.6 Å². The van der Waals surface area contributed by atoms with Gasteiger partial charge in [0.1, 0.15) is 0 Å². The van der Waals surface area contributed by atoms with E-state index < -0.39 is 5.60 Å². The Morgan fingerprint density at radius 1 is 1.13 bits per heavy atom. The molecule has 1 aliphatic heterocycles. The summed E-state index contributed by atoms with van der Waals surface area (Å²) < 4.78 is 0. The van der Waals surface area contributed by atoms with Gasteiger partial charge in [0.05, 0.1) is 5.60 Å². The summed E-state index contributed by atoms with van der Waals surface area (Å²) in [5.74, 6) is 0.532. The maximum Gasteiger partial charge on any atom is 0.0694 e. The molecule has 0 radical (unpaired) electrons. The highest BCUT2D eigenvalue weighted by molar-refractivity contribution is 6.30. The Hall–Kier alpha value is -1.35. The van der Waals surface area contributed by atoms with Gasteiger partial charge < -0.3 is 10.4 Å². The van der Waals surface area contributed by atoms with Crippen molar-refractivity contribution in [1.29, 1.82) is 0 Å². The maximum atomic E-state index is 11.2. The number of rotatable bonds is 4. The Labute approximate surface area is 143 Å². The molecule has 0 spiro atoms. The highest BCUT2D eigenvalue weighted by atomic mass is 35.5. The van der Waals surface area contributed by atoms with E-state index in [-0.39, 0.29) is 5.92 Å². The number of piperidine rings is 1. The SMILES string of the molecule is CC(O)(Cc1ccccc1)C1CCNCC1c1ccc(Cl)cc1. The lowest BCUT2D eigenvalue weighted by molar-refractivity contribution is -0.0226. The van der Waals surface area contributed by atoms with Gasteiger partial charge >= 0.3 is 0 Å². The van der Waals surface area contributed by atoms with Crippen molar-refractivity contribution in [2.75, 3.05) is 13.1 Å². The Morgan fingerprint density at radius 3 is 2.52 bits per heavy atom. The van der Waals surface area contributed by atoms with Crippen LogP contribution in [0, 0.1) is 5.92 Å². The van der Waals surface area contributed by atoms with Crippen molar-refractivity contribution < 1.29 is 5.11 Å². The van der Waals surface area contributed by atoms with Crippen molar-refractivity contribution in [3.05, 3.63) is 70.7 Å². The van der Waals surface area contributed by atoms with Gasteiger partial charge in [-0.25, -0.2) is 0 Å². The third-order valence-electron chi connectivity index (χ3n) is 4.98. The molecule has 2 aromatic rings. The van der Waals surface area contributed by atoms with E-state index in [4.69, 9.17) is 11.6 Å². The second-order valence-electron chi connectivity index (χ2n) is 6.78. The molecule has 2 aromatic carbocycles. The molecule has 1 aliphatic rings. The zero-order valence-corrected chi connectivity index (χ0v) is 14.3. The van der Waals surface area contributed by atoms with E-state index in [0.717, 1.165) is 24.5 Å². The van der Waals surface area contributed by atoms with Gasteiger partial charge in [0, 0.05) is 23.9 Å². The molecule has 1 fully saturated rings.